The first-order chi connectivity index (χ1) is 20.1. The lowest BCUT2D eigenvalue weighted by molar-refractivity contribution is -0.139. The van der Waals surface area contributed by atoms with E-state index in [2.05, 4.69) is 21.2 Å². The molecule has 4 aromatic rings. The van der Waals surface area contributed by atoms with E-state index >= 15 is 0 Å². The highest BCUT2D eigenvalue weighted by atomic mass is 79.9. The molecule has 0 aliphatic heterocycles. The monoisotopic (exact) mass is 687 g/mol. The van der Waals surface area contributed by atoms with Gasteiger partial charge in [0.25, 0.3) is 10.0 Å². The summed E-state index contributed by atoms with van der Waals surface area (Å²) in [5.41, 5.74) is 1.71. The number of halogens is 3. The van der Waals surface area contributed by atoms with Crippen LogP contribution in [-0.4, -0.2) is 44.8 Å². The van der Waals surface area contributed by atoms with Gasteiger partial charge in [-0.15, -0.1) is 0 Å². The molecule has 0 aromatic heterocycles. The van der Waals surface area contributed by atoms with Crippen molar-refractivity contribution in [3.8, 4) is 0 Å². The van der Waals surface area contributed by atoms with Crippen LogP contribution in [0.25, 0.3) is 0 Å². The Morgan fingerprint density at radius 3 is 2.02 bits per heavy atom. The summed E-state index contributed by atoms with van der Waals surface area (Å²) in [6, 6.07) is 27.9. The van der Waals surface area contributed by atoms with E-state index in [1.54, 1.807) is 18.2 Å². The molecule has 0 fully saturated rings. The van der Waals surface area contributed by atoms with Gasteiger partial charge in [-0.1, -0.05) is 99.8 Å². The molecule has 1 atom stereocenters. The SMILES string of the molecule is CNC(=O)C(Cc1ccccc1)N(Cc1cccc(Br)c1)C(=O)CN(c1cc(Cl)cc(Cl)c1)S(=O)(=O)c1ccccc1. The number of carbonyl (C=O) groups is 2. The fourth-order valence-corrected chi connectivity index (χ4v) is 6.86. The number of hydrogen-bond acceptors (Lipinski definition) is 4. The number of nitrogens with zero attached hydrogens (tertiary/aromatic N) is 2. The first kappa shape index (κ1) is 31.6. The smallest absolute Gasteiger partial charge is 0.264 e. The van der Waals surface area contributed by atoms with Crippen LogP contribution in [0.4, 0.5) is 5.69 Å². The van der Waals surface area contributed by atoms with Gasteiger partial charge in [-0.3, -0.25) is 13.9 Å². The van der Waals surface area contributed by atoms with Gasteiger partial charge < -0.3 is 10.2 Å². The van der Waals surface area contributed by atoms with Gasteiger partial charge in [-0.05, 0) is 53.6 Å². The van der Waals surface area contributed by atoms with Crippen molar-refractivity contribution in [2.45, 2.75) is 23.9 Å². The van der Waals surface area contributed by atoms with Crippen LogP contribution >= 0.6 is 39.1 Å². The molecule has 0 aliphatic carbocycles. The minimum Gasteiger partial charge on any atom is -0.357 e. The lowest BCUT2D eigenvalue weighted by atomic mass is 10.0. The summed E-state index contributed by atoms with van der Waals surface area (Å²) < 4.78 is 29.7. The van der Waals surface area contributed by atoms with Crippen LogP contribution in [0.3, 0.4) is 0 Å². The minimum absolute atomic E-state index is 0.0143. The standard InChI is InChI=1S/C31H28BrCl2N3O4S/c1-35-31(39)29(16-22-9-4-2-5-10-22)36(20-23-11-8-12-24(32)15-23)30(38)21-37(27-18-25(33)17-26(34)19-27)42(40,41)28-13-6-3-7-14-28/h2-15,17-19,29H,16,20-21H2,1H3,(H,35,39). The number of hydrogen-bond donors (Lipinski definition) is 1. The van der Waals surface area contributed by atoms with Crippen LogP contribution in [0.15, 0.2) is 112 Å². The molecule has 7 nitrogen and oxygen atoms in total. The van der Waals surface area contributed by atoms with E-state index in [1.165, 1.54) is 42.3 Å². The van der Waals surface area contributed by atoms with Gasteiger partial charge in [0.05, 0.1) is 10.6 Å². The molecule has 0 bridgehead atoms. The summed E-state index contributed by atoms with van der Waals surface area (Å²) in [5, 5.41) is 3.08. The average Bonchev–Trinajstić information content (AvgIpc) is 2.97. The summed E-state index contributed by atoms with van der Waals surface area (Å²) in [5.74, 6) is -0.972. The molecule has 11 heteroatoms. The number of anilines is 1. The van der Waals surface area contributed by atoms with Crippen LogP contribution in [-0.2, 0) is 32.6 Å². The lowest BCUT2D eigenvalue weighted by Gasteiger charge is -2.33. The van der Waals surface area contributed by atoms with Crippen molar-refractivity contribution in [1.82, 2.24) is 10.2 Å². The second-order valence-electron chi connectivity index (χ2n) is 9.42. The Morgan fingerprint density at radius 2 is 1.43 bits per heavy atom. The zero-order valence-corrected chi connectivity index (χ0v) is 26.5. The Bertz CT molecular complexity index is 1640. The first-order valence-corrected chi connectivity index (χ1v) is 15.9. The van der Waals surface area contributed by atoms with Gasteiger partial charge in [0.1, 0.15) is 12.6 Å². The molecule has 42 heavy (non-hydrogen) atoms. The molecule has 1 unspecified atom stereocenters. The first-order valence-electron chi connectivity index (χ1n) is 12.9. The van der Waals surface area contributed by atoms with Crippen molar-refractivity contribution >= 4 is 66.7 Å². The van der Waals surface area contributed by atoms with E-state index in [9.17, 15) is 18.0 Å². The number of nitrogens with one attached hydrogen (secondary N) is 1. The third-order valence-electron chi connectivity index (χ3n) is 6.50. The van der Waals surface area contributed by atoms with Gasteiger partial charge >= 0.3 is 0 Å². The van der Waals surface area contributed by atoms with Crippen LogP contribution in [0, 0.1) is 0 Å². The minimum atomic E-state index is -4.25. The molecule has 218 valence electrons. The largest absolute Gasteiger partial charge is 0.357 e. The maximum atomic E-state index is 14.3. The predicted molar refractivity (Wildman–Crippen MR) is 170 cm³/mol. The van der Waals surface area contributed by atoms with E-state index in [-0.39, 0.29) is 39.5 Å². The Balaban J connectivity index is 1.81. The van der Waals surface area contributed by atoms with Crippen molar-refractivity contribution < 1.29 is 18.0 Å². The van der Waals surface area contributed by atoms with E-state index < -0.39 is 28.5 Å². The zero-order valence-electron chi connectivity index (χ0n) is 22.6. The molecule has 0 heterocycles. The highest BCUT2D eigenvalue weighted by molar-refractivity contribution is 9.10. The fourth-order valence-electron chi connectivity index (χ4n) is 4.48. The van der Waals surface area contributed by atoms with Crippen LogP contribution < -0.4 is 9.62 Å². The van der Waals surface area contributed by atoms with Crippen molar-refractivity contribution in [1.29, 1.82) is 0 Å². The van der Waals surface area contributed by atoms with Crippen molar-refractivity contribution in [2.24, 2.45) is 0 Å². The quantitative estimate of drug-likeness (QED) is 0.199. The maximum absolute atomic E-state index is 14.3. The predicted octanol–water partition coefficient (Wildman–Crippen LogP) is 6.34. The maximum Gasteiger partial charge on any atom is 0.264 e. The van der Waals surface area contributed by atoms with Gasteiger partial charge in [-0.25, -0.2) is 8.42 Å². The molecule has 0 radical (unpaired) electrons. The van der Waals surface area contributed by atoms with Crippen molar-refractivity contribution in [3.05, 3.63) is 129 Å². The molecule has 1 N–H and O–H groups in total. The highest BCUT2D eigenvalue weighted by Crippen LogP contribution is 2.30. The topological polar surface area (TPSA) is 86.8 Å². The van der Waals surface area contributed by atoms with Gasteiger partial charge in [0.15, 0.2) is 0 Å². The summed E-state index contributed by atoms with van der Waals surface area (Å²) in [7, 11) is -2.74. The molecule has 4 rings (SSSR count). The van der Waals surface area contributed by atoms with E-state index in [0.29, 0.717) is 0 Å². The van der Waals surface area contributed by atoms with Crippen molar-refractivity contribution in [2.75, 3.05) is 17.9 Å². The van der Waals surface area contributed by atoms with E-state index in [4.69, 9.17) is 23.2 Å². The number of carbonyl (C=O) groups excluding carboxylic acids is 2. The molecule has 0 aliphatic rings. The molecule has 2 amide bonds. The third-order valence-corrected chi connectivity index (χ3v) is 9.22. The van der Waals surface area contributed by atoms with Gasteiger partial charge in [0.2, 0.25) is 11.8 Å². The number of sulfonamides is 1. The number of benzene rings is 4. The summed E-state index contributed by atoms with van der Waals surface area (Å²) >= 11 is 16.0. The molecule has 0 spiro atoms. The molecule has 0 saturated carbocycles. The van der Waals surface area contributed by atoms with Crippen LogP contribution in [0.2, 0.25) is 10.0 Å². The zero-order chi connectivity index (χ0) is 30.3. The van der Waals surface area contributed by atoms with Crippen molar-refractivity contribution in [3.63, 3.8) is 0 Å². The van der Waals surface area contributed by atoms with Gasteiger partial charge in [-0.2, -0.15) is 0 Å². The number of amides is 2. The number of rotatable bonds is 11. The Hall–Kier alpha value is -3.37. The highest BCUT2D eigenvalue weighted by Gasteiger charge is 2.34. The van der Waals surface area contributed by atoms with E-state index in [1.807, 2.05) is 54.6 Å². The second-order valence-corrected chi connectivity index (χ2v) is 13.1. The fraction of sp³-hybridized carbons (Fsp3) is 0.161. The number of likely N-dealkylation sites (N-methyl/N-ethyl adjacent to an activating group) is 1. The second kappa shape index (κ2) is 14.2. The summed E-state index contributed by atoms with van der Waals surface area (Å²) in [6.45, 7) is -0.553. The molecule has 4 aromatic carbocycles. The van der Waals surface area contributed by atoms with Crippen LogP contribution in [0.1, 0.15) is 11.1 Å². The average molecular weight is 689 g/mol. The van der Waals surface area contributed by atoms with E-state index in [0.717, 1.165) is 19.9 Å². The van der Waals surface area contributed by atoms with Gasteiger partial charge in [0, 0.05) is 34.5 Å². The molecule has 0 saturated heterocycles. The van der Waals surface area contributed by atoms with Crippen LogP contribution in [0.5, 0.6) is 0 Å². The Kier molecular flexibility index (Phi) is 10.7. The third kappa shape index (κ3) is 7.92. The lowest BCUT2D eigenvalue weighted by Crippen LogP contribution is -2.53. The summed E-state index contributed by atoms with van der Waals surface area (Å²) in [6.07, 6.45) is 0.217. The Labute approximate surface area is 264 Å². The normalized spacial score (nSPS) is 11.9. The summed E-state index contributed by atoms with van der Waals surface area (Å²) in [4.78, 5) is 29.0. The molecular formula is C31H28BrCl2N3O4S. The molecular weight excluding hydrogens is 661 g/mol. The Morgan fingerprint density at radius 1 is 0.833 bits per heavy atom.